The van der Waals surface area contributed by atoms with Crippen LogP contribution in [-0.2, 0) is 14.8 Å². The minimum atomic E-state index is -3.53. The first-order valence-corrected chi connectivity index (χ1v) is 10.3. The molecule has 0 radical (unpaired) electrons. The number of nitrogens with two attached hydrogens (primary N) is 1. The fraction of sp³-hybridized carbons (Fsp3) is 0.647. The molecule has 1 aliphatic carbocycles. The van der Waals surface area contributed by atoms with Gasteiger partial charge in [-0.2, -0.15) is 4.31 Å². The van der Waals surface area contributed by atoms with Gasteiger partial charge in [0.15, 0.2) is 0 Å². The second-order valence-electron chi connectivity index (χ2n) is 7.05. The summed E-state index contributed by atoms with van der Waals surface area (Å²) in [4.78, 5) is 16.7. The molecular weight excluding hydrogens is 340 g/mol. The van der Waals surface area contributed by atoms with Crippen LogP contribution in [0.2, 0.25) is 0 Å². The Morgan fingerprint density at radius 1 is 1.32 bits per heavy atom. The molecule has 138 valence electrons. The van der Waals surface area contributed by atoms with Crippen molar-refractivity contribution in [3.8, 4) is 0 Å². The third-order valence-electron chi connectivity index (χ3n) is 5.44. The van der Waals surface area contributed by atoms with Gasteiger partial charge < -0.3 is 11.1 Å². The predicted octanol–water partition coefficient (Wildman–Crippen LogP) is 0.870. The summed E-state index contributed by atoms with van der Waals surface area (Å²) in [6.07, 6.45) is 8.04. The first-order valence-electron chi connectivity index (χ1n) is 8.89. The van der Waals surface area contributed by atoms with Crippen LogP contribution in [0.1, 0.15) is 38.5 Å². The number of hydrogen-bond acceptors (Lipinski definition) is 5. The maximum Gasteiger partial charge on any atom is 0.244 e. The van der Waals surface area contributed by atoms with Crippen LogP contribution in [-0.4, -0.2) is 48.8 Å². The number of carbonyl (C=O) groups excluding carboxylic acids is 1. The Bertz CT molecular complexity index is 694. The number of nitrogens with one attached hydrogen (secondary N) is 1. The predicted molar refractivity (Wildman–Crippen MR) is 94.1 cm³/mol. The maximum absolute atomic E-state index is 12.6. The van der Waals surface area contributed by atoms with Crippen molar-refractivity contribution in [1.29, 1.82) is 0 Å². The molecule has 2 fully saturated rings. The first kappa shape index (κ1) is 18.3. The van der Waals surface area contributed by atoms with Crippen molar-refractivity contribution in [2.24, 2.45) is 11.7 Å². The lowest BCUT2D eigenvalue weighted by Gasteiger charge is -2.34. The SMILES string of the molecule is NCC1(NC(=O)C2CCN(S(=O)(=O)c3cccnc3)CC2)CCCC1. The molecule has 8 heteroatoms. The largest absolute Gasteiger partial charge is 0.349 e. The maximum atomic E-state index is 12.6. The van der Waals surface area contributed by atoms with E-state index >= 15 is 0 Å². The van der Waals surface area contributed by atoms with Crippen molar-refractivity contribution < 1.29 is 13.2 Å². The van der Waals surface area contributed by atoms with Crippen LogP contribution >= 0.6 is 0 Å². The zero-order valence-corrected chi connectivity index (χ0v) is 15.2. The van der Waals surface area contributed by atoms with Gasteiger partial charge in [0, 0.05) is 37.9 Å². The number of rotatable bonds is 5. The molecule has 2 heterocycles. The van der Waals surface area contributed by atoms with E-state index in [4.69, 9.17) is 5.73 Å². The lowest BCUT2D eigenvalue weighted by molar-refractivity contribution is -0.128. The molecule has 0 aromatic carbocycles. The number of amides is 1. The van der Waals surface area contributed by atoms with Crippen LogP contribution in [0.5, 0.6) is 0 Å². The summed E-state index contributed by atoms with van der Waals surface area (Å²) in [5.41, 5.74) is 5.63. The van der Waals surface area contributed by atoms with Crippen LogP contribution in [0.25, 0.3) is 0 Å². The fourth-order valence-electron chi connectivity index (χ4n) is 3.80. The molecule has 1 amide bonds. The van der Waals surface area contributed by atoms with E-state index in [1.165, 1.54) is 10.5 Å². The molecule has 0 unspecified atom stereocenters. The smallest absolute Gasteiger partial charge is 0.244 e. The van der Waals surface area contributed by atoms with Gasteiger partial charge in [0.25, 0.3) is 0 Å². The van der Waals surface area contributed by atoms with Crippen molar-refractivity contribution in [3.05, 3.63) is 24.5 Å². The van der Waals surface area contributed by atoms with Crippen LogP contribution < -0.4 is 11.1 Å². The number of sulfonamides is 1. The zero-order valence-electron chi connectivity index (χ0n) is 14.4. The Morgan fingerprint density at radius 3 is 2.56 bits per heavy atom. The molecule has 3 rings (SSSR count). The van der Waals surface area contributed by atoms with Crippen LogP contribution in [0.4, 0.5) is 0 Å². The molecule has 2 aliphatic rings. The molecule has 1 saturated heterocycles. The van der Waals surface area contributed by atoms with E-state index in [-0.39, 0.29) is 22.3 Å². The minimum absolute atomic E-state index is 0.0192. The number of pyridine rings is 1. The number of aromatic nitrogens is 1. The van der Waals surface area contributed by atoms with Gasteiger partial charge >= 0.3 is 0 Å². The molecule has 7 nitrogen and oxygen atoms in total. The van der Waals surface area contributed by atoms with Crippen molar-refractivity contribution in [1.82, 2.24) is 14.6 Å². The molecule has 1 aromatic rings. The van der Waals surface area contributed by atoms with E-state index in [1.807, 2.05) is 0 Å². The van der Waals surface area contributed by atoms with E-state index in [1.54, 1.807) is 18.3 Å². The molecule has 3 N–H and O–H groups in total. The average Bonchev–Trinajstić information content (AvgIpc) is 3.11. The van der Waals surface area contributed by atoms with Crippen molar-refractivity contribution in [2.75, 3.05) is 19.6 Å². The van der Waals surface area contributed by atoms with Crippen molar-refractivity contribution in [3.63, 3.8) is 0 Å². The Labute approximate surface area is 149 Å². The molecule has 0 atom stereocenters. The van der Waals surface area contributed by atoms with E-state index in [0.717, 1.165) is 25.7 Å². The highest BCUT2D eigenvalue weighted by molar-refractivity contribution is 7.89. The lowest BCUT2D eigenvalue weighted by atomic mass is 9.93. The molecular formula is C17H26N4O3S. The standard InChI is InChI=1S/C17H26N4O3S/c18-13-17(7-1-2-8-17)20-16(22)14-5-10-21(11-6-14)25(23,24)15-4-3-9-19-12-15/h3-4,9,12,14H,1-2,5-8,10-11,13,18H2,(H,20,22). The van der Waals surface area contributed by atoms with Crippen LogP contribution in [0.3, 0.4) is 0 Å². The number of hydrogen-bond donors (Lipinski definition) is 2. The number of piperidine rings is 1. The fourth-order valence-corrected chi connectivity index (χ4v) is 5.24. The molecule has 0 bridgehead atoms. The normalized spacial score (nSPS) is 22.0. The van der Waals surface area contributed by atoms with Gasteiger partial charge in [-0.3, -0.25) is 9.78 Å². The molecule has 1 saturated carbocycles. The lowest BCUT2D eigenvalue weighted by Crippen LogP contribution is -2.54. The van der Waals surface area contributed by atoms with E-state index in [0.29, 0.717) is 32.5 Å². The Kier molecular flexibility index (Phi) is 5.41. The van der Waals surface area contributed by atoms with Gasteiger partial charge in [0.2, 0.25) is 15.9 Å². The Hall–Kier alpha value is -1.51. The molecule has 1 aromatic heterocycles. The Morgan fingerprint density at radius 2 is 2.00 bits per heavy atom. The molecule has 25 heavy (non-hydrogen) atoms. The van der Waals surface area contributed by atoms with Crippen molar-refractivity contribution >= 4 is 15.9 Å². The van der Waals surface area contributed by atoms with Gasteiger partial charge in [-0.15, -0.1) is 0 Å². The topological polar surface area (TPSA) is 105 Å². The average molecular weight is 366 g/mol. The summed E-state index contributed by atoms with van der Waals surface area (Å²) in [7, 11) is -3.53. The van der Waals surface area contributed by atoms with E-state index < -0.39 is 10.0 Å². The van der Waals surface area contributed by atoms with Gasteiger partial charge in [-0.1, -0.05) is 12.8 Å². The summed E-state index contributed by atoms with van der Waals surface area (Å²) in [5, 5.41) is 3.16. The summed E-state index contributed by atoms with van der Waals surface area (Å²) in [6, 6.07) is 3.16. The summed E-state index contributed by atoms with van der Waals surface area (Å²) in [5.74, 6) is -0.129. The van der Waals surface area contributed by atoms with Crippen LogP contribution in [0, 0.1) is 5.92 Å². The minimum Gasteiger partial charge on any atom is -0.349 e. The number of nitrogens with zero attached hydrogens (tertiary/aromatic N) is 2. The number of carbonyl (C=O) groups is 1. The van der Waals surface area contributed by atoms with Gasteiger partial charge in [-0.05, 0) is 37.8 Å². The highest BCUT2D eigenvalue weighted by Gasteiger charge is 2.37. The highest BCUT2D eigenvalue weighted by Crippen LogP contribution is 2.30. The van der Waals surface area contributed by atoms with Gasteiger partial charge in [-0.25, -0.2) is 8.42 Å². The van der Waals surface area contributed by atoms with E-state index in [9.17, 15) is 13.2 Å². The summed E-state index contributed by atoms with van der Waals surface area (Å²) >= 11 is 0. The zero-order chi connectivity index (χ0) is 17.9. The van der Waals surface area contributed by atoms with Gasteiger partial charge in [0.05, 0.1) is 5.54 Å². The van der Waals surface area contributed by atoms with Crippen LogP contribution in [0.15, 0.2) is 29.4 Å². The summed E-state index contributed by atoms with van der Waals surface area (Å²) in [6.45, 7) is 1.17. The van der Waals surface area contributed by atoms with Crippen molar-refractivity contribution in [2.45, 2.75) is 49.0 Å². The second-order valence-corrected chi connectivity index (χ2v) is 8.99. The quantitative estimate of drug-likeness (QED) is 0.804. The van der Waals surface area contributed by atoms with Gasteiger partial charge in [0.1, 0.15) is 4.90 Å². The molecule has 1 aliphatic heterocycles. The molecule has 0 spiro atoms. The highest BCUT2D eigenvalue weighted by atomic mass is 32.2. The second kappa shape index (κ2) is 7.39. The third kappa shape index (κ3) is 3.86. The van der Waals surface area contributed by atoms with E-state index in [2.05, 4.69) is 10.3 Å². The monoisotopic (exact) mass is 366 g/mol. The third-order valence-corrected chi connectivity index (χ3v) is 7.32. The Balaban J connectivity index is 1.59. The first-order chi connectivity index (χ1) is 12.0. The summed E-state index contributed by atoms with van der Waals surface area (Å²) < 4.78 is 26.7.